The van der Waals surface area contributed by atoms with E-state index in [1.807, 2.05) is 13.0 Å². The number of nitrogens with one attached hydrogen (secondary N) is 2. The first-order valence-electron chi connectivity index (χ1n) is 5.54. The molecule has 0 aliphatic carbocycles. The molecule has 18 heavy (non-hydrogen) atoms. The molecule has 2 heterocycles. The van der Waals surface area contributed by atoms with Gasteiger partial charge in [-0.25, -0.2) is 15.0 Å². The third kappa shape index (κ3) is 3.27. The summed E-state index contributed by atoms with van der Waals surface area (Å²) >= 11 is 6.01. The molecule has 2 N–H and O–H groups in total. The Hall–Kier alpha value is -1.95. The van der Waals surface area contributed by atoms with Crippen molar-refractivity contribution in [3.63, 3.8) is 0 Å². The highest BCUT2D eigenvalue weighted by atomic mass is 35.5. The van der Waals surface area contributed by atoms with Crippen LogP contribution in [0.1, 0.15) is 12.6 Å². The number of rotatable bonds is 5. The zero-order valence-electron chi connectivity index (χ0n) is 9.89. The number of hydrogen-bond donors (Lipinski definition) is 2. The second kappa shape index (κ2) is 6.11. The Kier molecular flexibility index (Phi) is 4.25. The standard InChI is InChI=1S/C11H13ClN6/c1-2-14-11-16-6-9(12)10(18-11)15-5-8-3-4-13-7-17-8/h3-4,6-7H,2,5H2,1H3,(H2,14,15,16,18). The fourth-order valence-corrected chi connectivity index (χ4v) is 1.49. The average molecular weight is 265 g/mol. The Labute approximate surface area is 110 Å². The molecule has 0 atom stereocenters. The topological polar surface area (TPSA) is 75.6 Å². The Balaban J connectivity index is 2.06. The summed E-state index contributed by atoms with van der Waals surface area (Å²) in [6, 6.07) is 1.83. The third-order valence-electron chi connectivity index (χ3n) is 2.16. The van der Waals surface area contributed by atoms with Gasteiger partial charge in [0.05, 0.1) is 18.4 Å². The fourth-order valence-electron chi connectivity index (χ4n) is 1.33. The fraction of sp³-hybridized carbons (Fsp3) is 0.273. The van der Waals surface area contributed by atoms with Crippen molar-refractivity contribution >= 4 is 23.4 Å². The highest BCUT2D eigenvalue weighted by Crippen LogP contribution is 2.19. The van der Waals surface area contributed by atoms with Crippen LogP contribution in [0.25, 0.3) is 0 Å². The summed E-state index contributed by atoms with van der Waals surface area (Å²) in [5.41, 5.74) is 0.865. The molecule has 0 radical (unpaired) electrons. The van der Waals surface area contributed by atoms with E-state index in [4.69, 9.17) is 11.6 Å². The lowest BCUT2D eigenvalue weighted by Crippen LogP contribution is -2.07. The van der Waals surface area contributed by atoms with Crippen LogP contribution in [0.5, 0.6) is 0 Å². The normalized spacial score (nSPS) is 10.1. The highest BCUT2D eigenvalue weighted by Gasteiger charge is 2.04. The molecular formula is C11H13ClN6. The first kappa shape index (κ1) is 12.5. The zero-order valence-corrected chi connectivity index (χ0v) is 10.6. The molecule has 2 aromatic rings. The maximum Gasteiger partial charge on any atom is 0.224 e. The van der Waals surface area contributed by atoms with Gasteiger partial charge in [0.2, 0.25) is 5.95 Å². The van der Waals surface area contributed by atoms with Crippen LogP contribution in [0.4, 0.5) is 11.8 Å². The quantitative estimate of drug-likeness (QED) is 0.860. The summed E-state index contributed by atoms with van der Waals surface area (Å²) in [4.78, 5) is 16.3. The van der Waals surface area contributed by atoms with Gasteiger partial charge in [-0.1, -0.05) is 11.6 Å². The minimum absolute atomic E-state index is 0.478. The van der Waals surface area contributed by atoms with Gasteiger partial charge in [0.25, 0.3) is 0 Å². The summed E-state index contributed by atoms with van der Waals surface area (Å²) in [5, 5.41) is 6.62. The molecule has 0 amide bonds. The molecule has 0 spiro atoms. The first-order valence-corrected chi connectivity index (χ1v) is 5.92. The summed E-state index contributed by atoms with van der Waals surface area (Å²) in [5.74, 6) is 1.13. The summed E-state index contributed by atoms with van der Waals surface area (Å²) in [6.45, 7) is 3.27. The van der Waals surface area contributed by atoms with Crippen molar-refractivity contribution in [3.8, 4) is 0 Å². The van der Waals surface area contributed by atoms with Crippen molar-refractivity contribution in [2.75, 3.05) is 17.2 Å². The second-order valence-electron chi connectivity index (χ2n) is 3.47. The van der Waals surface area contributed by atoms with E-state index in [9.17, 15) is 0 Å². The van der Waals surface area contributed by atoms with Gasteiger partial charge in [-0.05, 0) is 13.0 Å². The number of aromatic nitrogens is 4. The Morgan fingerprint density at radius 1 is 1.28 bits per heavy atom. The molecule has 2 rings (SSSR count). The van der Waals surface area contributed by atoms with E-state index < -0.39 is 0 Å². The average Bonchev–Trinajstić information content (AvgIpc) is 2.41. The lowest BCUT2D eigenvalue weighted by molar-refractivity contribution is 0.988. The van der Waals surface area contributed by atoms with E-state index in [0.29, 0.717) is 23.3 Å². The molecule has 0 saturated heterocycles. The van der Waals surface area contributed by atoms with Gasteiger partial charge < -0.3 is 10.6 Å². The molecular weight excluding hydrogens is 252 g/mol. The van der Waals surface area contributed by atoms with Crippen molar-refractivity contribution in [1.29, 1.82) is 0 Å². The maximum absolute atomic E-state index is 6.01. The van der Waals surface area contributed by atoms with Crippen molar-refractivity contribution < 1.29 is 0 Å². The largest absolute Gasteiger partial charge is 0.363 e. The van der Waals surface area contributed by atoms with Gasteiger partial charge in [-0.3, -0.25) is 0 Å². The van der Waals surface area contributed by atoms with E-state index in [-0.39, 0.29) is 0 Å². The molecule has 6 nitrogen and oxygen atoms in total. The van der Waals surface area contributed by atoms with Crippen LogP contribution in [-0.2, 0) is 6.54 Å². The van der Waals surface area contributed by atoms with E-state index in [0.717, 1.165) is 12.2 Å². The van der Waals surface area contributed by atoms with Gasteiger partial charge in [0.1, 0.15) is 11.3 Å². The van der Waals surface area contributed by atoms with Gasteiger partial charge in [0, 0.05) is 12.7 Å². The lowest BCUT2D eigenvalue weighted by atomic mass is 10.4. The van der Waals surface area contributed by atoms with Crippen molar-refractivity contribution in [2.45, 2.75) is 13.5 Å². The molecule has 0 aliphatic rings. The summed E-state index contributed by atoms with van der Waals surface area (Å²) < 4.78 is 0. The highest BCUT2D eigenvalue weighted by molar-refractivity contribution is 6.32. The zero-order chi connectivity index (χ0) is 12.8. The predicted octanol–water partition coefficient (Wildman–Crippen LogP) is 1.96. The van der Waals surface area contributed by atoms with E-state index in [1.165, 1.54) is 6.33 Å². The summed E-state index contributed by atoms with van der Waals surface area (Å²) in [6.07, 6.45) is 4.76. The number of anilines is 2. The Morgan fingerprint density at radius 2 is 2.17 bits per heavy atom. The first-order chi connectivity index (χ1) is 8.79. The smallest absolute Gasteiger partial charge is 0.224 e. The van der Waals surface area contributed by atoms with E-state index in [2.05, 4.69) is 30.6 Å². The molecule has 0 fully saturated rings. The summed E-state index contributed by atoms with van der Waals surface area (Å²) in [7, 11) is 0. The van der Waals surface area contributed by atoms with Crippen molar-refractivity contribution in [3.05, 3.63) is 35.5 Å². The van der Waals surface area contributed by atoms with Crippen LogP contribution in [0.3, 0.4) is 0 Å². The van der Waals surface area contributed by atoms with Crippen LogP contribution in [0.15, 0.2) is 24.8 Å². The molecule has 2 aromatic heterocycles. The lowest BCUT2D eigenvalue weighted by Gasteiger charge is -2.08. The van der Waals surface area contributed by atoms with E-state index in [1.54, 1.807) is 12.4 Å². The second-order valence-corrected chi connectivity index (χ2v) is 3.88. The van der Waals surface area contributed by atoms with Gasteiger partial charge in [-0.15, -0.1) is 0 Å². The molecule has 0 unspecified atom stereocenters. The van der Waals surface area contributed by atoms with Gasteiger partial charge >= 0.3 is 0 Å². The van der Waals surface area contributed by atoms with Gasteiger partial charge in [0.15, 0.2) is 5.82 Å². The minimum atomic E-state index is 0.478. The number of nitrogens with zero attached hydrogens (tertiary/aromatic N) is 4. The van der Waals surface area contributed by atoms with Gasteiger partial charge in [-0.2, -0.15) is 4.98 Å². The Morgan fingerprint density at radius 3 is 2.89 bits per heavy atom. The maximum atomic E-state index is 6.01. The van der Waals surface area contributed by atoms with Crippen LogP contribution in [0.2, 0.25) is 5.02 Å². The Bertz CT molecular complexity index is 504. The minimum Gasteiger partial charge on any atom is -0.363 e. The number of hydrogen-bond acceptors (Lipinski definition) is 6. The van der Waals surface area contributed by atoms with Crippen LogP contribution in [0, 0.1) is 0 Å². The number of halogens is 1. The molecule has 0 aliphatic heterocycles. The molecule has 0 bridgehead atoms. The third-order valence-corrected chi connectivity index (χ3v) is 2.44. The predicted molar refractivity (Wildman–Crippen MR) is 70.6 cm³/mol. The van der Waals surface area contributed by atoms with Crippen molar-refractivity contribution in [2.24, 2.45) is 0 Å². The van der Waals surface area contributed by atoms with E-state index >= 15 is 0 Å². The van der Waals surface area contributed by atoms with Crippen LogP contribution >= 0.6 is 11.6 Å². The molecule has 94 valence electrons. The molecule has 7 heteroatoms. The SMILES string of the molecule is CCNc1ncc(Cl)c(NCc2ccncn2)n1. The molecule has 0 aromatic carbocycles. The van der Waals surface area contributed by atoms with Crippen molar-refractivity contribution in [1.82, 2.24) is 19.9 Å². The molecule has 0 saturated carbocycles. The monoisotopic (exact) mass is 264 g/mol. The van der Waals surface area contributed by atoms with Crippen LogP contribution < -0.4 is 10.6 Å². The van der Waals surface area contributed by atoms with Crippen LogP contribution in [-0.4, -0.2) is 26.5 Å².